The summed E-state index contributed by atoms with van der Waals surface area (Å²) in [5.41, 5.74) is 6.74. The normalized spacial score (nSPS) is 10.3. The molecule has 1 aromatic carbocycles. The average Bonchev–Trinajstić information content (AvgIpc) is 2.83. The van der Waals surface area contributed by atoms with Crippen molar-refractivity contribution < 1.29 is 9.53 Å². The Kier molecular flexibility index (Phi) is 4.52. The molecule has 0 aliphatic carbocycles. The molecule has 0 aliphatic rings. The van der Waals surface area contributed by atoms with Gasteiger partial charge in [-0.3, -0.25) is 4.79 Å². The number of carbonyl (C=O) groups is 1. The van der Waals surface area contributed by atoms with Gasteiger partial charge in [0.1, 0.15) is 5.75 Å². The first-order valence-electron chi connectivity index (χ1n) is 5.94. The van der Waals surface area contributed by atoms with Crippen LogP contribution in [0.25, 0.3) is 0 Å². The molecule has 2 aromatic rings. The van der Waals surface area contributed by atoms with Crippen molar-refractivity contribution in [3.05, 3.63) is 45.1 Å². The van der Waals surface area contributed by atoms with E-state index in [1.807, 2.05) is 12.1 Å². The molecule has 0 radical (unpaired) electrons. The lowest BCUT2D eigenvalue weighted by molar-refractivity contribution is 0.0783. The number of nitrogens with zero attached hydrogens (tertiary/aromatic N) is 1. The van der Waals surface area contributed by atoms with Crippen LogP contribution < -0.4 is 10.5 Å². The maximum absolute atomic E-state index is 12.4. The Balaban J connectivity index is 2.18. The Morgan fingerprint density at radius 3 is 2.75 bits per heavy atom. The van der Waals surface area contributed by atoms with E-state index in [1.54, 1.807) is 30.1 Å². The summed E-state index contributed by atoms with van der Waals surface area (Å²) in [6.07, 6.45) is 0. The molecule has 0 saturated carbocycles. The van der Waals surface area contributed by atoms with Crippen LogP contribution in [-0.2, 0) is 6.54 Å². The smallest absolute Gasteiger partial charge is 0.257 e. The second-order valence-electron chi connectivity index (χ2n) is 4.33. The monoisotopic (exact) mass is 310 g/mol. The van der Waals surface area contributed by atoms with Crippen molar-refractivity contribution in [1.29, 1.82) is 0 Å². The predicted octanol–water partition coefficient (Wildman–Crippen LogP) is 3.26. The maximum atomic E-state index is 12.4. The van der Waals surface area contributed by atoms with E-state index < -0.39 is 0 Å². The van der Waals surface area contributed by atoms with Crippen LogP contribution in [0.2, 0.25) is 4.34 Å². The number of thiophene rings is 1. The minimum atomic E-state index is -0.119. The van der Waals surface area contributed by atoms with Crippen LogP contribution >= 0.6 is 22.9 Å². The first-order valence-corrected chi connectivity index (χ1v) is 7.14. The van der Waals surface area contributed by atoms with Gasteiger partial charge in [-0.25, -0.2) is 0 Å². The third-order valence-corrected chi connectivity index (χ3v) is 4.04. The third-order valence-electron chi connectivity index (χ3n) is 2.82. The topological polar surface area (TPSA) is 55.6 Å². The van der Waals surface area contributed by atoms with Crippen molar-refractivity contribution in [1.82, 2.24) is 4.90 Å². The van der Waals surface area contributed by atoms with Crippen LogP contribution in [0.15, 0.2) is 30.3 Å². The average molecular weight is 311 g/mol. The summed E-state index contributed by atoms with van der Waals surface area (Å²) >= 11 is 7.35. The number of nitrogen functional groups attached to an aromatic ring is 1. The summed E-state index contributed by atoms with van der Waals surface area (Å²) in [4.78, 5) is 15.1. The Morgan fingerprint density at radius 1 is 1.40 bits per heavy atom. The van der Waals surface area contributed by atoms with Crippen LogP contribution in [0.4, 0.5) is 5.69 Å². The van der Waals surface area contributed by atoms with E-state index >= 15 is 0 Å². The molecule has 0 unspecified atom stereocenters. The SMILES string of the molecule is COc1cc(N)ccc1C(=O)N(C)Cc1ccc(Cl)s1. The van der Waals surface area contributed by atoms with E-state index in [2.05, 4.69) is 0 Å². The van der Waals surface area contributed by atoms with E-state index in [0.29, 0.717) is 27.9 Å². The maximum Gasteiger partial charge on any atom is 0.257 e. The summed E-state index contributed by atoms with van der Waals surface area (Å²) in [6, 6.07) is 8.74. The van der Waals surface area contributed by atoms with Crippen LogP contribution in [0.5, 0.6) is 5.75 Å². The number of hydrogen-bond acceptors (Lipinski definition) is 4. The fraction of sp³-hybridized carbons (Fsp3) is 0.214. The van der Waals surface area contributed by atoms with E-state index in [4.69, 9.17) is 22.1 Å². The van der Waals surface area contributed by atoms with Crippen LogP contribution in [0.3, 0.4) is 0 Å². The molecule has 1 amide bonds. The number of benzene rings is 1. The predicted molar refractivity (Wildman–Crippen MR) is 82.5 cm³/mol. The van der Waals surface area contributed by atoms with E-state index in [1.165, 1.54) is 18.4 Å². The highest BCUT2D eigenvalue weighted by atomic mass is 35.5. The summed E-state index contributed by atoms with van der Waals surface area (Å²) < 4.78 is 5.92. The number of amides is 1. The minimum Gasteiger partial charge on any atom is -0.496 e. The molecule has 1 heterocycles. The van der Waals surface area contributed by atoms with Gasteiger partial charge in [0.15, 0.2) is 0 Å². The molecule has 0 spiro atoms. The lowest BCUT2D eigenvalue weighted by Gasteiger charge is -2.18. The van der Waals surface area contributed by atoms with E-state index in [0.717, 1.165) is 4.88 Å². The lowest BCUT2D eigenvalue weighted by Crippen LogP contribution is -2.26. The molecule has 4 nitrogen and oxygen atoms in total. The molecular weight excluding hydrogens is 296 g/mol. The van der Waals surface area contributed by atoms with Crippen LogP contribution in [0.1, 0.15) is 15.2 Å². The Morgan fingerprint density at radius 2 is 2.15 bits per heavy atom. The van der Waals surface area contributed by atoms with Gasteiger partial charge < -0.3 is 15.4 Å². The van der Waals surface area contributed by atoms with Crippen LogP contribution in [0, 0.1) is 0 Å². The zero-order valence-electron chi connectivity index (χ0n) is 11.2. The van der Waals surface area contributed by atoms with Gasteiger partial charge in [-0.1, -0.05) is 11.6 Å². The van der Waals surface area contributed by atoms with E-state index in [9.17, 15) is 4.79 Å². The van der Waals surface area contributed by atoms with Crippen molar-refractivity contribution in [2.75, 3.05) is 19.9 Å². The zero-order valence-corrected chi connectivity index (χ0v) is 12.8. The summed E-state index contributed by atoms with van der Waals surface area (Å²) in [5, 5.41) is 0. The highest BCUT2D eigenvalue weighted by Crippen LogP contribution is 2.25. The largest absolute Gasteiger partial charge is 0.496 e. The summed E-state index contributed by atoms with van der Waals surface area (Å²) in [5.74, 6) is 0.359. The second kappa shape index (κ2) is 6.15. The molecule has 1 aromatic heterocycles. The minimum absolute atomic E-state index is 0.119. The first-order chi connectivity index (χ1) is 9.51. The zero-order chi connectivity index (χ0) is 14.7. The number of rotatable bonds is 4. The fourth-order valence-electron chi connectivity index (χ4n) is 1.83. The van der Waals surface area contributed by atoms with Crippen molar-refractivity contribution in [2.45, 2.75) is 6.54 Å². The summed E-state index contributed by atoms with van der Waals surface area (Å²) in [6.45, 7) is 0.504. The quantitative estimate of drug-likeness (QED) is 0.882. The highest BCUT2D eigenvalue weighted by Gasteiger charge is 2.17. The van der Waals surface area contributed by atoms with E-state index in [-0.39, 0.29) is 5.91 Å². The third kappa shape index (κ3) is 3.23. The Labute approximate surface area is 126 Å². The number of carbonyl (C=O) groups excluding carboxylic acids is 1. The summed E-state index contributed by atoms with van der Waals surface area (Å²) in [7, 11) is 3.26. The molecule has 2 rings (SSSR count). The fourth-order valence-corrected chi connectivity index (χ4v) is 2.97. The highest BCUT2D eigenvalue weighted by molar-refractivity contribution is 7.16. The number of ether oxygens (including phenoxy) is 1. The standard InChI is InChI=1S/C14H15ClN2O2S/c1-17(8-10-4-6-13(15)20-10)14(18)11-5-3-9(16)7-12(11)19-2/h3-7H,8,16H2,1-2H3. The van der Waals surface area contributed by atoms with Crippen molar-refractivity contribution in [2.24, 2.45) is 0 Å². The van der Waals surface area contributed by atoms with Crippen molar-refractivity contribution in [3.63, 3.8) is 0 Å². The molecule has 6 heteroatoms. The van der Waals surface area contributed by atoms with Gasteiger partial charge in [0.2, 0.25) is 0 Å². The molecule has 20 heavy (non-hydrogen) atoms. The van der Waals surface area contributed by atoms with Gasteiger partial charge >= 0.3 is 0 Å². The Hall–Kier alpha value is -1.72. The molecule has 0 saturated heterocycles. The van der Waals surface area contributed by atoms with Gasteiger partial charge in [-0.2, -0.15) is 0 Å². The second-order valence-corrected chi connectivity index (χ2v) is 6.13. The number of anilines is 1. The van der Waals surface area contributed by atoms with Gasteiger partial charge in [0.25, 0.3) is 5.91 Å². The van der Waals surface area contributed by atoms with Crippen molar-refractivity contribution in [3.8, 4) is 5.75 Å². The molecule has 0 fully saturated rings. The van der Waals surface area contributed by atoms with Gasteiger partial charge in [-0.15, -0.1) is 11.3 Å². The van der Waals surface area contributed by atoms with Crippen molar-refractivity contribution >= 4 is 34.5 Å². The lowest BCUT2D eigenvalue weighted by atomic mass is 10.1. The number of nitrogens with two attached hydrogens (primary N) is 1. The van der Waals surface area contributed by atoms with Crippen LogP contribution in [-0.4, -0.2) is 25.0 Å². The Bertz CT molecular complexity index is 627. The number of halogens is 1. The molecular formula is C14H15ClN2O2S. The number of methoxy groups -OCH3 is 1. The van der Waals surface area contributed by atoms with Gasteiger partial charge in [-0.05, 0) is 24.3 Å². The molecule has 0 aliphatic heterocycles. The van der Waals surface area contributed by atoms with Gasteiger partial charge in [0.05, 0.1) is 23.6 Å². The molecule has 2 N–H and O–H groups in total. The molecule has 0 bridgehead atoms. The number of hydrogen-bond donors (Lipinski definition) is 1. The molecule has 106 valence electrons. The first kappa shape index (κ1) is 14.7. The molecule has 0 atom stereocenters. The van der Waals surface area contributed by atoms with Gasteiger partial charge in [0, 0.05) is 23.7 Å².